The molecule has 4 N–H and O–H groups in total. The number of amides is 1. The van der Waals surface area contributed by atoms with Crippen LogP contribution in [0.25, 0.3) is 0 Å². The molecule has 0 unspecified atom stereocenters. The van der Waals surface area contributed by atoms with Crippen LogP contribution in [-0.4, -0.2) is 16.1 Å². The molecule has 0 spiro atoms. The van der Waals surface area contributed by atoms with E-state index in [4.69, 9.17) is 17.3 Å². The van der Waals surface area contributed by atoms with Gasteiger partial charge in [-0.2, -0.15) is 5.10 Å². The fourth-order valence-corrected chi connectivity index (χ4v) is 1.56. The molecule has 0 aliphatic rings. The van der Waals surface area contributed by atoms with Crippen LogP contribution in [0.15, 0.2) is 18.2 Å². The second-order valence-electron chi connectivity index (χ2n) is 3.67. The van der Waals surface area contributed by atoms with Crippen LogP contribution in [0.3, 0.4) is 0 Å². The van der Waals surface area contributed by atoms with E-state index in [0.717, 1.165) is 0 Å². The van der Waals surface area contributed by atoms with Gasteiger partial charge in [-0.05, 0) is 19.1 Å². The number of H-pyrrole nitrogens is 1. The van der Waals surface area contributed by atoms with Crippen LogP contribution in [0.5, 0.6) is 0 Å². The average Bonchev–Trinajstić information content (AvgIpc) is 2.64. The average molecular weight is 269 g/mol. The van der Waals surface area contributed by atoms with Gasteiger partial charge in [0.15, 0.2) is 11.6 Å². The molecular weight excluding hydrogens is 259 g/mol. The van der Waals surface area contributed by atoms with Gasteiger partial charge in [0.1, 0.15) is 0 Å². The number of benzene rings is 1. The molecule has 94 valence electrons. The summed E-state index contributed by atoms with van der Waals surface area (Å²) >= 11 is 5.59. The van der Waals surface area contributed by atoms with Gasteiger partial charge < -0.3 is 11.1 Å². The Morgan fingerprint density at radius 1 is 1.56 bits per heavy atom. The first-order valence-electron chi connectivity index (χ1n) is 5.06. The van der Waals surface area contributed by atoms with Crippen LogP contribution >= 0.6 is 11.6 Å². The van der Waals surface area contributed by atoms with Crippen molar-refractivity contribution < 1.29 is 9.18 Å². The Balaban J connectivity index is 2.28. The van der Waals surface area contributed by atoms with Crippen LogP contribution < -0.4 is 11.1 Å². The number of rotatable bonds is 2. The van der Waals surface area contributed by atoms with Crippen LogP contribution in [-0.2, 0) is 0 Å². The molecule has 7 heteroatoms. The smallest absolute Gasteiger partial charge is 0.259 e. The van der Waals surface area contributed by atoms with Crippen LogP contribution in [0.1, 0.15) is 16.1 Å². The monoisotopic (exact) mass is 268 g/mol. The van der Waals surface area contributed by atoms with E-state index in [-0.39, 0.29) is 16.4 Å². The van der Waals surface area contributed by atoms with Gasteiger partial charge in [-0.25, -0.2) is 4.39 Å². The number of carbonyl (C=O) groups is 1. The van der Waals surface area contributed by atoms with Crippen molar-refractivity contribution in [1.29, 1.82) is 0 Å². The molecule has 0 saturated carbocycles. The summed E-state index contributed by atoms with van der Waals surface area (Å²) in [6, 6.07) is 4.17. The van der Waals surface area contributed by atoms with Gasteiger partial charge >= 0.3 is 0 Å². The zero-order valence-electron chi connectivity index (χ0n) is 9.42. The number of nitrogens with two attached hydrogens (primary N) is 1. The van der Waals surface area contributed by atoms with Crippen molar-refractivity contribution in [2.75, 3.05) is 11.1 Å². The van der Waals surface area contributed by atoms with Gasteiger partial charge in [0.25, 0.3) is 5.91 Å². The lowest BCUT2D eigenvalue weighted by atomic mass is 10.2. The first-order valence-corrected chi connectivity index (χ1v) is 5.44. The maximum atomic E-state index is 13.6. The molecule has 0 bridgehead atoms. The third-order valence-electron chi connectivity index (χ3n) is 2.42. The largest absolute Gasteiger partial charge is 0.394 e. The standard InChI is InChI=1S/C11H10ClFN4O/c1-5-9(14)10(17-16-5)15-11(18)6-3-2-4-7(12)8(6)13/h2-4H,14H2,1H3,(H2,15,16,17,18). The molecular formula is C11H10ClFN4O. The number of halogens is 2. The molecule has 0 atom stereocenters. The Bertz CT molecular complexity index is 611. The topological polar surface area (TPSA) is 83.8 Å². The minimum Gasteiger partial charge on any atom is -0.394 e. The normalized spacial score (nSPS) is 10.4. The molecule has 0 saturated heterocycles. The SMILES string of the molecule is Cc1[nH]nc(NC(=O)c2cccc(Cl)c2F)c1N. The third-order valence-corrected chi connectivity index (χ3v) is 2.71. The van der Waals surface area contributed by atoms with Crippen LogP contribution in [0.2, 0.25) is 5.02 Å². The number of aromatic amines is 1. The highest BCUT2D eigenvalue weighted by atomic mass is 35.5. The summed E-state index contributed by atoms with van der Waals surface area (Å²) < 4.78 is 13.6. The van der Waals surface area contributed by atoms with E-state index in [0.29, 0.717) is 11.4 Å². The van der Waals surface area contributed by atoms with E-state index in [9.17, 15) is 9.18 Å². The predicted octanol–water partition coefficient (Wildman–Crippen LogP) is 2.35. The van der Waals surface area contributed by atoms with Gasteiger partial charge in [0, 0.05) is 0 Å². The second-order valence-corrected chi connectivity index (χ2v) is 4.07. The van der Waals surface area contributed by atoms with E-state index in [2.05, 4.69) is 15.5 Å². The molecule has 0 aliphatic heterocycles. The van der Waals surface area contributed by atoms with Crippen molar-refractivity contribution in [3.63, 3.8) is 0 Å². The number of nitrogens with one attached hydrogen (secondary N) is 2. The molecule has 2 rings (SSSR count). The zero-order chi connectivity index (χ0) is 13.3. The van der Waals surface area contributed by atoms with Crippen molar-refractivity contribution in [1.82, 2.24) is 10.2 Å². The van der Waals surface area contributed by atoms with E-state index >= 15 is 0 Å². The Morgan fingerprint density at radius 2 is 2.28 bits per heavy atom. The number of aryl methyl sites for hydroxylation is 1. The number of aromatic nitrogens is 2. The maximum absolute atomic E-state index is 13.6. The molecule has 1 amide bonds. The van der Waals surface area contributed by atoms with Crippen molar-refractivity contribution in [3.05, 3.63) is 40.3 Å². The lowest BCUT2D eigenvalue weighted by Crippen LogP contribution is -2.15. The summed E-state index contributed by atoms with van der Waals surface area (Å²) in [5, 5.41) is 8.70. The summed E-state index contributed by atoms with van der Waals surface area (Å²) in [6.07, 6.45) is 0. The summed E-state index contributed by atoms with van der Waals surface area (Å²) in [5.41, 5.74) is 6.44. The molecule has 0 radical (unpaired) electrons. The predicted molar refractivity (Wildman–Crippen MR) is 67.1 cm³/mol. The highest BCUT2D eigenvalue weighted by molar-refractivity contribution is 6.31. The Labute approximate surface area is 107 Å². The zero-order valence-corrected chi connectivity index (χ0v) is 10.2. The lowest BCUT2D eigenvalue weighted by molar-refractivity contribution is 0.102. The van der Waals surface area contributed by atoms with Crippen molar-refractivity contribution in [3.8, 4) is 0 Å². The van der Waals surface area contributed by atoms with Gasteiger partial charge in [0.05, 0.1) is 22.0 Å². The summed E-state index contributed by atoms with van der Waals surface area (Å²) in [4.78, 5) is 11.8. The lowest BCUT2D eigenvalue weighted by Gasteiger charge is -2.05. The minimum atomic E-state index is -0.775. The van der Waals surface area contributed by atoms with E-state index in [1.165, 1.54) is 18.2 Å². The van der Waals surface area contributed by atoms with Crippen molar-refractivity contribution in [2.45, 2.75) is 6.92 Å². The summed E-state index contributed by atoms with van der Waals surface area (Å²) in [7, 11) is 0. The molecule has 0 aliphatic carbocycles. The second kappa shape index (κ2) is 4.66. The number of nitrogens with zero attached hydrogens (tertiary/aromatic N) is 1. The number of hydrogen-bond donors (Lipinski definition) is 3. The van der Waals surface area contributed by atoms with Crippen LogP contribution in [0, 0.1) is 12.7 Å². The van der Waals surface area contributed by atoms with E-state index in [1.807, 2.05) is 0 Å². The molecule has 0 fully saturated rings. The van der Waals surface area contributed by atoms with Gasteiger partial charge in [-0.1, -0.05) is 17.7 Å². The molecule has 1 aromatic heterocycles. The number of anilines is 2. The van der Waals surface area contributed by atoms with Crippen molar-refractivity contribution >= 4 is 29.0 Å². The molecule has 18 heavy (non-hydrogen) atoms. The molecule has 5 nitrogen and oxygen atoms in total. The number of carbonyl (C=O) groups excluding carboxylic acids is 1. The Hall–Kier alpha value is -2.08. The van der Waals surface area contributed by atoms with E-state index in [1.54, 1.807) is 6.92 Å². The molecule has 1 aromatic carbocycles. The van der Waals surface area contributed by atoms with Gasteiger partial charge in [-0.3, -0.25) is 9.89 Å². The first kappa shape index (κ1) is 12.4. The fourth-order valence-electron chi connectivity index (χ4n) is 1.39. The first-order chi connectivity index (χ1) is 8.50. The van der Waals surface area contributed by atoms with Crippen LogP contribution in [0.4, 0.5) is 15.9 Å². The third kappa shape index (κ3) is 2.14. The Kier molecular flexibility index (Phi) is 3.20. The number of hydrogen-bond acceptors (Lipinski definition) is 3. The summed E-state index contributed by atoms with van der Waals surface area (Å²) in [6.45, 7) is 1.71. The molecule has 2 aromatic rings. The Morgan fingerprint density at radius 3 is 2.89 bits per heavy atom. The van der Waals surface area contributed by atoms with E-state index < -0.39 is 11.7 Å². The minimum absolute atomic E-state index is 0.117. The maximum Gasteiger partial charge on any atom is 0.259 e. The van der Waals surface area contributed by atoms with Crippen molar-refractivity contribution in [2.24, 2.45) is 0 Å². The fraction of sp³-hybridized carbons (Fsp3) is 0.0909. The summed E-state index contributed by atoms with van der Waals surface area (Å²) in [5.74, 6) is -1.27. The van der Waals surface area contributed by atoms with Gasteiger partial charge in [0.2, 0.25) is 0 Å². The highest BCUT2D eigenvalue weighted by Crippen LogP contribution is 2.21. The molecule has 1 heterocycles. The quantitative estimate of drug-likeness (QED) is 0.782. The highest BCUT2D eigenvalue weighted by Gasteiger charge is 2.16. The number of nitrogen functional groups attached to an aromatic ring is 1. The van der Waals surface area contributed by atoms with Gasteiger partial charge in [-0.15, -0.1) is 0 Å².